The maximum absolute atomic E-state index is 13.4. The zero-order valence-corrected chi connectivity index (χ0v) is 13.6. The lowest BCUT2D eigenvalue weighted by molar-refractivity contribution is -0.141. The highest BCUT2D eigenvalue weighted by molar-refractivity contribution is 5.95. The summed E-state index contributed by atoms with van der Waals surface area (Å²) in [5.41, 5.74) is -0.746. The van der Waals surface area contributed by atoms with E-state index in [-0.39, 0.29) is 30.9 Å². The van der Waals surface area contributed by atoms with Crippen LogP contribution in [-0.2, 0) is 10.9 Å². The van der Waals surface area contributed by atoms with Crippen molar-refractivity contribution in [2.45, 2.75) is 39.2 Å². The smallest absolute Gasteiger partial charge is 0.372 e. The molecule has 2 aromatic heterocycles. The molecule has 0 bridgehead atoms. The van der Waals surface area contributed by atoms with Crippen molar-refractivity contribution in [1.29, 1.82) is 0 Å². The highest BCUT2D eigenvalue weighted by atomic mass is 19.4. The highest BCUT2D eigenvalue weighted by Gasteiger charge is 2.42. The number of carbonyl (C=O) groups excluding carboxylic acids is 1. The molecule has 1 amide bonds. The largest absolute Gasteiger partial charge is 0.435 e. The highest BCUT2D eigenvalue weighted by Crippen LogP contribution is 2.33. The first kappa shape index (κ1) is 16.8. The summed E-state index contributed by atoms with van der Waals surface area (Å²) in [7, 11) is 0. The maximum atomic E-state index is 13.4. The average Bonchev–Trinajstić information content (AvgIpc) is 2.84. The van der Waals surface area contributed by atoms with Crippen LogP contribution >= 0.6 is 0 Å². The second-order valence-electron chi connectivity index (χ2n) is 6.21. The molecule has 24 heavy (non-hydrogen) atoms. The van der Waals surface area contributed by atoms with Gasteiger partial charge in [0.25, 0.3) is 5.91 Å². The number of aryl methyl sites for hydroxylation is 1. The standard InChI is InChI=1S/C16H18F3N3O2/c1-9-4-5-12-20-14(16(17,18)19)13(22(12)6-9)15(23)21-7-10(2)24-11(3)8-21/h4-6,10-11H,7-8H2,1-3H3. The average molecular weight is 341 g/mol. The molecule has 5 nitrogen and oxygen atoms in total. The molecule has 2 unspecified atom stereocenters. The number of morpholine rings is 1. The minimum Gasteiger partial charge on any atom is -0.372 e. The van der Waals surface area contributed by atoms with Crippen LogP contribution in [0.25, 0.3) is 5.65 Å². The Morgan fingerprint density at radius 2 is 1.88 bits per heavy atom. The van der Waals surface area contributed by atoms with Crippen molar-refractivity contribution in [2.75, 3.05) is 13.1 Å². The Hall–Kier alpha value is -2.09. The predicted molar refractivity (Wildman–Crippen MR) is 80.8 cm³/mol. The number of ether oxygens (including phenoxy) is 1. The molecule has 3 heterocycles. The van der Waals surface area contributed by atoms with Crippen LogP contribution in [0.3, 0.4) is 0 Å². The first-order chi connectivity index (χ1) is 11.2. The maximum Gasteiger partial charge on any atom is 0.435 e. The molecule has 2 atom stereocenters. The van der Waals surface area contributed by atoms with Gasteiger partial charge in [0.15, 0.2) is 5.69 Å². The Morgan fingerprint density at radius 3 is 2.46 bits per heavy atom. The molecule has 0 aliphatic carbocycles. The second kappa shape index (κ2) is 5.77. The molecule has 3 rings (SSSR count). The molecular weight excluding hydrogens is 323 g/mol. The van der Waals surface area contributed by atoms with Crippen LogP contribution in [-0.4, -0.2) is 45.5 Å². The van der Waals surface area contributed by atoms with Crippen LogP contribution < -0.4 is 0 Å². The molecule has 1 aliphatic rings. The number of fused-ring (bicyclic) bond motifs is 1. The Balaban J connectivity index is 2.12. The van der Waals surface area contributed by atoms with E-state index in [4.69, 9.17) is 4.74 Å². The third-order valence-corrected chi connectivity index (χ3v) is 3.94. The third-order valence-electron chi connectivity index (χ3n) is 3.94. The van der Waals surface area contributed by atoms with E-state index >= 15 is 0 Å². The minimum absolute atomic E-state index is 0.102. The lowest BCUT2D eigenvalue weighted by atomic mass is 10.2. The molecule has 1 fully saturated rings. The molecule has 0 saturated carbocycles. The number of rotatable bonds is 1. The molecule has 0 spiro atoms. The fourth-order valence-electron chi connectivity index (χ4n) is 3.05. The number of imidazole rings is 1. The van der Waals surface area contributed by atoms with Crippen molar-refractivity contribution < 1.29 is 22.7 Å². The van der Waals surface area contributed by atoms with Gasteiger partial charge in [0.1, 0.15) is 11.3 Å². The van der Waals surface area contributed by atoms with Gasteiger partial charge in [-0.1, -0.05) is 6.07 Å². The topological polar surface area (TPSA) is 46.8 Å². The van der Waals surface area contributed by atoms with Crippen molar-refractivity contribution in [3.63, 3.8) is 0 Å². The van der Waals surface area contributed by atoms with E-state index in [1.165, 1.54) is 21.6 Å². The summed E-state index contributed by atoms with van der Waals surface area (Å²) in [5.74, 6) is -0.678. The SMILES string of the molecule is Cc1ccc2nc(C(F)(F)F)c(C(=O)N3CC(C)OC(C)C3)n2c1. The quantitative estimate of drug-likeness (QED) is 0.801. The van der Waals surface area contributed by atoms with Gasteiger partial charge < -0.3 is 9.64 Å². The Bertz CT molecular complexity index is 775. The van der Waals surface area contributed by atoms with E-state index in [0.29, 0.717) is 0 Å². The lowest BCUT2D eigenvalue weighted by Gasteiger charge is -2.35. The molecule has 2 aromatic rings. The number of nitrogens with zero attached hydrogens (tertiary/aromatic N) is 3. The van der Waals surface area contributed by atoms with Crippen LogP contribution in [0.4, 0.5) is 13.2 Å². The molecular formula is C16H18F3N3O2. The number of amides is 1. The summed E-state index contributed by atoms with van der Waals surface area (Å²) >= 11 is 0. The summed E-state index contributed by atoms with van der Waals surface area (Å²) < 4.78 is 47.0. The van der Waals surface area contributed by atoms with Crippen molar-refractivity contribution in [3.8, 4) is 0 Å². The van der Waals surface area contributed by atoms with Gasteiger partial charge in [-0.3, -0.25) is 9.20 Å². The lowest BCUT2D eigenvalue weighted by Crippen LogP contribution is -2.48. The van der Waals surface area contributed by atoms with Crippen molar-refractivity contribution in [3.05, 3.63) is 35.3 Å². The van der Waals surface area contributed by atoms with Crippen LogP contribution in [0.1, 0.15) is 35.6 Å². The van der Waals surface area contributed by atoms with Gasteiger partial charge in [-0.2, -0.15) is 13.2 Å². The number of halogens is 3. The molecule has 8 heteroatoms. The molecule has 0 aromatic carbocycles. The van der Waals surface area contributed by atoms with Gasteiger partial charge in [0.05, 0.1) is 12.2 Å². The van der Waals surface area contributed by atoms with Gasteiger partial charge in [-0.15, -0.1) is 0 Å². The molecule has 0 radical (unpaired) electrons. The van der Waals surface area contributed by atoms with Crippen LogP contribution in [0.2, 0.25) is 0 Å². The number of hydrogen-bond acceptors (Lipinski definition) is 3. The zero-order chi connectivity index (χ0) is 17.6. The van der Waals surface area contributed by atoms with Gasteiger partial charge >= 0.3 is 6.18 Å². The molecule has 1 saturated heterocycles. The molecule has 130 valence electrons. The van der Waals surface area contributed by atoms with Crippen molar-refractivity contribution in [2.24, 2.45) is 0 Å². The minimum atomic E-state index is -4.70. The summed E-state index contributed by atoms with van der Waals surface area (Å²) in [6.07, 6.45) is -3.66. The summed E-state index contributed by atoms with van der Waals surface area (Å²) in [6, 6.07) is 3.14. The Morgan fingerprint density at radius 1 is 1.25 bits per heavy atom. The third kappa shape index (κ3) is 2.98. The van der Waals surface area contributed by atoms with E-state index in [1.54, 1.807) is 26.8 Å². The van der Waals surface area contributed by atoms with E-state index in [0.717, 1.165) is 5.56 Å². The number of hydrogen-bond donors (Lipinski definition) is 0. The number of pyridine rings is 1. The number of alkyl halides is 3. The van der Waals surface area contributed by atoms with E-state index < -0.39 is 23.5 Å². The number of carbonyl (C=O) groups is 1. The van der Waals surface area contributed by atoms with Crippen molar-refractivity contribution >= 4 is 11.6 Å². The van der Waals surface area contributed by atoms with Crippen LogP contribution in [0.15, 0.2) is 18.3 Å². The van der Waals surface area contributed by atoms with E-state index in [9.17, 15) is 18.0 Å². The normalized spacial score (nSPS) is 22.2. The fourth-order valence-corrected chi connectivity index (χ4v) is 3.05. The summed E-state index contributed by atoms with van der Waals surface area (Å²) in [4.78, 5) is 17.9. The molecule has 1 aliphatic heterocycles. The van der Waals surface area contributed by atoms with Gasteiger partial charge in [-0.05, 0) is 32.4 Å². The number of aromatic nitrogens is 2. The zero-order valence-electron chi connectivity index (χ0n) is 13.6. The van der Waals surface area contributed by atoms with Crippen LogP contribution in [0, 0.1) is 6.92 Å². The Kier molecular flexibility index (Phi) is 4.03. The van der Waals surface area contributed by atoms with Crippen LogP contribution in [0.5, 0.6) is 0 Å². The van der Waals surface area contributed by atoms with E-state index in [2.05, 4.69) is 4.98 Å². The first-order valence-electron chi connectivity index (χ1n) is 7.67. The van der Waals surface area contributed by atoms with E-state index in [1.807, 2.05) is 0 Å². The predicted octanol–water partition coefficient (Wildman–Crippen LogP) is 2.91. The fraction of sp³-hybridized carbons (Fsp3) is 0.500. The van der Waals surface area contributed by atoms with Gasteiger partial charge in [0, 0.05) is 19.3 Å². The monoisotopic (exact) mass is 341 g/mol. The second-order valence-corrected chi connectivity index (χ2v) is 6.21. The van der Waals surface area contributed by atoms with Gasteiger partial charge in [-0.25, -0.2) is 4.98 Å². The molecule has 0 N–H and O–H groups in total. The van der Waals surface area contributed by atoms with Crippen molar-refractivity contribution in [1.82, 2.24) is 14.3 Å². The first-order valence-corrected chi connectivity index (χ1v) is 7.67. The summed E-state index contributed by atoms with van der Waals surface area (Å²) in [6.45, 7) is 5.83. The summed E-state index contributed by atoms with van der Waals surface area (Å²) in [5, 5.41) is 0. The van der Waals surface area contributed by atoms with Gasteiger partial charge in [0.2, 0.25) is 0 Å². The Labute approximate surface area is 137 Å².